The Hall–Kier alpha value is -2.51. The number of aromatic nitrogens is 1. The SMILES string of the molecule is Clc1ccc2[nH]c(-c3ccc(-c4ccccc4)cc3)cc2c1. The van der Waals surface area contributed by atoms with E-state index >= 15 is 0 Å². The average Bonchev–Trinajstić information content (AvgIpc) is 2.99. The zero-order valence-electron chi connectivity index (χ0n) is 11.9. The highest BCUT2D eigenvalue weighted by molar-refractivity contribution is 6.31. The standard InChI is InChI=1S/C20H14ClN/c21-18-10-11-19-17(12-18)13-20(22-19)16-8-6-15(7-9-16)14-4-2-1-3-5-14/h1-13,22H. The highest BCUT2D eigenvalue weighted by Crippen LogP contribution is 2.28. The van der Waals surface area contributed by atoms with Crippen molar-refractivity contribution in [3.8, 4) is 22.4 Å². The van der Waals surface area contributed by atoms with Crippen LogP contribution in [0.1, 0.15) is 0 Å². The molecule has 0 aliphatic rings. The number of benzene rings is 3. The zero-order chi connectivity index (χ0) is 14.9. The number of nitrogens with one attached hydrogen (secondary N) is 1. The Morgan fingerprint density at radius 1 is 0.636 bits per heavy atom. The van der Waals surface area contributed by atoms with Crippen LogP contribution in [0.15, 0.2) is 78.9 Å². The van der Waals surface area contributed by atoms with E-state index in [1.807, 2.05) is 24.3 Å². The van der Waals surface area contributed by atoms with Crippen molar-refractivity contribution >= 4 is 22.5 Å². The first kappa shape index (κ1) is 13.2. The number of hydrogen-bond donors (Lipinski definition) is 1. The van der Waals surface area contributed by atoms with Gasteiger partial charge < -0.3 is 4.98 Å². The summed E-state index contributed by atoms with van der Waals surface area (Å²) in [5.74, 6) is 0. The van der Waals surface area contributed by atoms with Gasteiger partial charge in [0.2, 0.25) is 0 Å². The molecule has 0 amide bonds. The summed E-state index contributed by atoms with van der Waals surface area (Å²) < 4.78 is 0. The van der Waals surface area contributed by atoms with E-state index in [4.69, 9.17) is 11.6 Å². The Bertz CT molecular complexity index is 921. The molecule has 2 heteroatoms. The van der Waals surface area contributed by atoms with E-state index in [2.05, 4.69) is 59.6 Å². The average molecular weight is 304 g/mol. The van der Waals surface area contributed by atoms with Gasteiger partial charge in [0.1, 0.15) is 0 Å². The molecule has 0 aliphatic carbocycles. The van der Waals surface area contributed by atoms with Gasteiger partial charge in [-0.3, -0.25) is 0 Å². The normalized spacial score (nSPS) is 11.0. The first-order valence-corrected chi connectivity index (χ1v) is 7.61. The van der Waals surface area contributed by atoms with Crippen molar-refractivity contribution < 1.29 is 0 Å². The highest BCUT2D eigenvalue weighted by Gasteiger charge is 2.04. The summed E-state index contributed by atoms with van der Waals surface area (Å²) in [5.41, 5.74) is 5.84. The van der Waals surface area contributed by atoms with Crippen LogP contribution in [0.2, 0.25) is 5.02 Å². The monoisotopic (exact) mass is 303 g/mol. The molecule has 0 radical (unpaired) electrons. The number of halogens is 1. The molecule has 106 valence electrons. The van der Waals surface area contributed by atoms with Crippen molar-refractivity contribution in [2.75, 3.05) is 0 Å². The molecular formula is C20H14ClN. The smallest absolute Gasteiger partial charge is 0.0464 e. The lowest BCUT2D eigenvalue weighted by Gasteiger charge is -2.03. The number of fused-ring (bicyclic) bond motifs is 1. The molecule has 0 saturated carbocycles. The number of H-pyrrole nitrogens is 1. The number of hydrogen-bond acceptors (Lipinski definition) is 0. The first-order chi connectivity index (χ1) is 10.8. The number of aromatic amines is 1. The predicted octanol–water partition coefficient (Wildman–Crippen LogP) is 6.16. The van der Waals surface area contributed by atoms with E-state index in [1.54, 1.807) is 0 Å². The summed E-state index contributed by atoms with van der Waals surface area (Å²) in [6.45, 7) is 0. The summed E-state index contributed by atoms with van der Waals surface area (Å²) in [6, 6.07) is 27.1. The van der Waals surface area contributed by atoms with E-state index in [0.29, 0.717) is 0 Å². The molecule has 22 heavy (non-hydrogen) atoms. The Morgan fingerprint density at radius 3 is 2.09 bits per heavy atom. The van der Waals surface area contributed by atoms with Crippen molar-refractivity contribution in [3.63, 3.8) is 0 Å². The summed E-state index contributed by atoms with van der Waals surface area (Å²) >= 11 is 6.05. The predicted molar refractivity (Wildman–Crippen MR) is 94.2 cm³/mol. The second-order valence-electron chi connectivity index (χ2n) is 5.36. The molecule has 4 rings (SSSR count). The quantitative estimate of drug-likeness (QED) is 0.457. The third-order valence-corrected chi connectivity index (χ3v) is 4.12. The Balaban J connectivity index is 1.73. The molecule has 1 heterocycles. The van der Waals surface area contributed by atoms with Crippen LogP contribution in [-0.4, -0.2) is 4.98 Å². The van der Waals surface area contributed by atoms with E-state index in [-0.39, 0.29) is 0 Å². The van der Waals surface area contributed by atoms with Gasteiger partial charge in [-0.05, 0) is 41.0 Å². The summed E-state index contributed by atoms with van der Waals surface area (Å²) in [4.78, 5) is 3.44. The van der Waals surface area contributed by atoms with Gasteiger partial charge in [-0.1, -0.05) is 66.2 Å². The first-order valence-electron chi connectivity index (χ1n) is 7.24. The molecule has 0 spiro atoms. The summed E-state index contributed by atoms with van der Waals surface area (Å²) in [5, 5.41) is 1.90. The molecule has 0 fully saturated rings. The fraction of sp³-hybridized carbons (Fsp3) is 0. The topological polar surface area (TPSA) is 15.8 Å². The highest BCUT2D eigenvalue weighted by atomic mass is 35.5. The fourth-order valence-corrected chi connectivity index (χ4v) is 2.91. The largest absolute Gasteiger partial charge is 0.355 e. The lowest BCUT2D eigenvalue weighted by molar-refractivity contribution is 1.45. The maximum Gasteiger partial charge on any atom is 0.0464 e. The molecule has 0 saturated heterocycles. The van der Waals surface area contributed by atoms with Crippen LogP contribution in [0, 0.1) is 0 Å². The molecule has 0 aliphatic heterocycles. The van der Waals surface area contributed by atoms with Crippen LogP contribution in [0.25, 0.3) is 33.3 Å². The van der Waals surface area contributed by atoms with Crippen molar-refractivity contribution in [2.45, 2.75) is 0 Å². The molecule has 4 aromatic rings. The van der Waals surface area contributed by atoms with Gasteiger partial charge in [-0.15, -0.1) is 0 Å². The Labute approximate surface area is 134 Å². The Morgan fingerprint density at radius 2 is 1.32 bits per heavy atom. The molecule has 0 atom stereocenters. The lowest BCUT2D eigenvalue weighted by Crippen LogP contribution is -1.79. The van der Waals surface area contributed by atoms with Crippen molar-refractivity contribution in [2.24, 2.45) is 0 Å². The number of rotatable bonds is 2. The van der Waals surface area contributed by atoms with Crippen molar-refractivity contribution in [1.29, 1.82) is 0 Å². The zero-order valence-corrected chi connectivity index (χ0v) is 12.6. The minimum atomic E-state index is 0.762. The van der Waals surface area contributed by atoms with Crippen LogP contribution >= 0.6 is 11.6 Å². The molecular weight excluding hydrogens is 290 g/mol. The minimum absolute atomic E-state index is 0.762. The van der Waals surface area contributed by atoms with E-state index in [9.17, 15) is 0 Å². The molecule has 0 bridgehead atoms. The van der Waals surface area contributed by atoms with Crippen LogP contribution < -0.4 is 0 Å². The molecule has 1 nitrogen and oxygen atoms in total. The second kappa shape index (κ2) is 5.36. The second-order valence-corrected chi connectivity index (χ2v) is 5.79. The van der Waals surface area contributed by atoms with E-state index < -0.39 is 0 Å². The third kappa shape index (κ3) is 2.40. The van der Waals surface area contributed by atoms with Crippen LogP contribution in [-0.2, 0) is 0 Å². The summed E-state index contributed by atoms with van der Waals surface area (Å²) in [6.07, 6.45) is 0. The minimum Gasteiger partial charge on any atom is -0.355 e. The van der Waals surface area contributed by atoms with E-state index in [1.165, 1.54) is 16.7 Å². The van der Waals surface area contributed by atoms with Crippen molar-refractivity contribution in [1.82, 2.24) is 4.98 Å². The van der Waals surface area contributed by atoms with Crippen LogP contribution in [0.3, 0.4) is 0 Å². The lowest BCUT2D eigenvalue weighted by atomic mass is 10.0. The maximum absolute atomic E-state index is 6.05. The maximum atomic E-state index is 6.05. The van der Waals surface area contributed by atoms with E-state index in [0.717, 1.165) is 21.6 Å². The molecule has 0 unspecified atom stereocenters. The fourth-order valence-electron chi connectivity index (χ4n) is 2.73. The molecule has 1 aromatic heterocycles. The Kier molecular flexibility index (Phi) is 3.21. The van der Waals surface area contributed by atoms with Gasteiger partial charge >= 0.3 is 0 Å². The van der Waals surface area contributed by atoms with Gasteiger partial charge in [-0.25, -0.2) is 0 Å². The van der Waals surface area contributed by atoms with Gasteiger partial charge in [0.15, 0.2) is 0 Å². The van der Waals surface area contributed by atoms with Gasteiger partial charge in [0.05, 0.1) is 0 Å². The van der Waals surface area contributed by atoms with Crippen LogP contribution in [0.4, 0.5) is 0 Å². The summed E-state index contributed by atoms with van der Waals surface area (Å²) in [7, 11) is 0. The van der Waals surface area contributed by atoms with Crippen molar-refractivity contribution in [3.05, 3.63) is 83.9 Å². The molecule has 3 aromatic carbocycles. The van der Waals surface area contributed by atoms with Gasteiger partial charge in [0, 0.05) is 21.6 Å². The third-order valence-electron chi connectivity index (χ3n) is 3.89. The van der Waals surface area contributed by atoms with Gasteiger partial charge in [-0.2, -0.15) is 0 Å². The molecule has 1 N–H and O–H groups in total. The van der Waals surface area contributed by atoms with Crippen LogP contribution in [0.5, 0.6) is 0 Å². The van der Waals surface area contributed by atoms with Gasteiger partial charge in [0.25, 0.3) is 0 Å².